The predicted octanol–water partition coefficient (Wildman–Crippen LogP) is 1.79. The number of aryl methyl sites for hydroxylation is 1. The lowest BCUT2D eigenvalue weighted by molar-refractivity contribution is -0.301. The van der Waals surface area contributed by atoms with Crippen molar-refractivity contribution in [2.75, 3.05) is 5.75 Å². The van der Waals surface area contributed by atoms with Gasteiger partial charge in [0.1, 0.15) is 0 Å². The first-order valence-electron chi connectivity index (χ1n) is 7.33. The van der Waals surface area contributed by atoms with E-state index in [0.29, 0.717) is 11.0 Å². The molecule has 0 radical (unpaired) electrons. The number of aromatic nitrogens is 4. The summed E-state index contributed by atoms with van der Waals surface area (Å²) in [7, 11) is 0. The Kier molecular flexibility index (Phi) is 4.61. The number of pyridine rings is 1. The summed E-state index contributed by atoms with van der Waals surface area (Å²) in [6.07, 6.45) is 3.37. The Balaban J connectivity index is 2.18. The molecule has 3 rings (SSSR count). The van der Waals surface area contributed by atoms with Crippen molar-refractivity contribution in [1.29, 1.82) is 0 Å². The van der Waals surface area contributed by atoms with Crippen LogP contribution in [0.2, 0.25) is 0 Å². The quantitative estimate of drug-likeness (QED) is 0.659. The lowest BCUT2D eigenvalue weighted by Gasteiger charge is -2.14. The third-order valence-electron chi connectivity index (χ3n) is 3.71. The summed E-state index contributed by atoms with van der Waals surface area (Å²) in [4.78, 5) is 14.8. The van der Waals surface area contributed by atoms with Gasteiger partial charge in [0.2, 0.25) is 0 Å². The Hall–Kier alpha value is -2.67. The van der Waals surface area contributed by atoms with E-state index in [1.165, 1.54) is 0 Å². The zero-order chi connectivity index (χ0) is 17.1. The summed E-state index contributed by atoms with van der Waals surface area (Å²) in [5, 5.41) is 19.8. The molecule has 7 heteroatoms. The minimum Gasteiger partial charge on any atom is -0.549 e. The summed E-state index contributed by atoms with van der Waals surface area (Å²) < 4.78 is 1.88. The zero-order valence-electron chi connectivity index (χ0n) is 13.3. The van der Waals surface area contributed by atoms with E-state index in [4.69, 9.17) is 0 Å². The second-order valence-corrected chi connectivity index (χ2v) is 6.20. The lowest BCUT2D eigenvalue weighted by Crippen LogP contribution is -2.24. The standard InChI is InChI=1S/C17H16N4O2S/c1-11-4-3-5-14(12(11)2)21-16(13-6-8-18-9-7-13)19-20-17(21)24-10-15(22)23/h3-9H,10H2,1-2H3,(H,22,23)/p-1. The molecule has 6 nitrogen and oxygen atoms in total. The highest BCUT2D eigenvalue weighted by Gasteiger charge is 2.18. The maximum Gasteiger partial charge on any atom is 0.196 e. The third kappa shape index (κ3) is 3.16. The van der Waals surface area contributed by atoms with Crippen LogP contribution >= 0.6 is 11.8 Å². The van der Waals surface area contributed by atoms with Crippen molar-refractivity contribution in [1.82, 2.24) is 19.7 Å². The monoisotopic (exact) mass is 339 g/mol. The van der Waals surface area contributed by atoms with Crippen molar-refractivity contribution in [2.45, 2.75) is 19.0 Å². The first-order chi connectivity index (χ1) is 11.6. The molecule has 0 saturated carbocycles. The highest BCUT2D eigenvalue weighted by molar-refractivity contribution is 7.99. The fraction of sp³-hybridized carbons (Fsp3) is 0.176. The van der Waals surface area contributed by atoms with Crippen LogP contribution in [0.15, 0.2) is 47.9 Å². The average Bonchev–Trinajstić information content (AvgIpc) is 3.00. The Morgan fingerprint density at radius 3 is 2.62 bits per heavy atom. The van der Waals surface area contributed by atoms with Crippen LogP contribution < -0.4 is 5.11 Å². The molecule has 2 aromatic heterocycles. The number of hydrogen-bond acceptors (Lipinski definition) is 6. The van der Waals surface area contributed by atoms with Crippen LogP contribution in [0.1, 0.15) is 11.1 Å². The van der Waals surface area contributed by atoms with Gasteiger partial charge in [0.15, 0.2) is 11.0 Å². The average molecular weight is 339 g/mol. The summed E-state index contributed by atoms with van der Waals surface area (Å²) in [5.41, 5.74) is 4.01. The summed E-state index contributed by atoms with van der Waals surface area (Å²) in [6, 6.07) is 9.65. The first-order valence-corrected chi connectivity index (χ1v) is 8.31. The van der Waals surface area contributed by atoms with Gasteiger partial charge in [0, 0.05) is 23.7 Å². The van der Waals surface area contributed by atoms with E-state index in [-0.39, 0.29) is 5.75 Å². The van der Waals surface area contributed by atoms with E-state index in [1.807, 2.05) is 48.7 Å². The van der Waals surface area contributed by atoms with Gasteiger partial charge in [-0.25, -0.2) is 0 Å². The molecular formula is C17H15N4O2S-. The van der Waals surface area contributed by atoms with Crippen LogP contribution in [0.3, 0.4) is 0 Å². The van der Waals surface area contributed by atoms with E-state index in [9.17, 15) is 9.90 Å². The van der Waals surface area contributed by atoms with Gasteiger partial charge in [-0.2, -0.15) is 0 Å². The minimum absolute atomic E-state index is 0.181. The fourth-order valence-corrected chi connectivity index (χ4v) is 3.03. The number of carbonyl (C=O) groups is 1. The molecular weight excluding hydrogens is 324 g/mol. The van der Waals surface area contributed by atoms with Gasteiger partial charge in [-0.3, -0.25) is 9.55 Å². The number of benzene rings is 1. The Morgan fingerprint density at radius 2 is 1.92 bits per heavy atom. The van der Waals surface area contributed by atoms with Gasteiger partial charge in [-0.05, 0) is 43.2 Å². The molecule has 0 unspecified atom stereocenters. The van der Waals surface area contributed by atoms with Gasteiger partial charge >= 0.3 is 0 Å². The van der Waals surface area contributed by atoms with Gasteiger partial charge in [-0.1, -0.05) is 23.9 Å². The number of carboxylic acid groups (broad SMARTS) is 1. The van der Waals surface area contributed by atoms with E-state index >= 15 is 0 Å². The second-order valence-electron chi connectivity index (χ2n) is 5.26. The van der Waals surface area contributed by atoms with Crippen LogP contribution in [0.5, 0.6) is 0 Å². The molecule has 2 heterocycles. The maximum absolute atomic E-state index is 10.8. The van der Waals surface area contributed by atoms with Crippen molar-refractivity contribution in [3.05, 3.63) is 53.9 Å². The molecule has 0 atom stereocenters. The minimum atomic E-state index is -1.14. The van der Waals surface area contributed by atoms with E-state index in [0.717, 1.165) is 34.1 Å². The number of aliphatic carboxylic acids is 1. The molecule has 0 saturated heterocycles. The van der Waals surface area contributed by atoms with Crippen molar-refractivity contribution in [3.8, 4) is 17.1 Å². The number of carboxylic acids is 1. The molecule has 0 bridgehead atoms. The molecule has 0 N–H and O–H groups in total. The Morgan fingerprint density at radius 1 is 1.17 bits per heavy atom. The van der Waals surface area contributed by atoms with Gasteiger partial charge in [0.05, 0.1) is 11.7 Å². The summed E-state index contributed by atoms with van der Waals surface area (Å²) >= 11 is 1.09. The molecule has 0 spiro atoms. The highest BCUT2D eigenvalue weighted by atomic mass is 32.2. The molecule has 0 aliphatic rings. The number of nitrogens with zero attached hydrogens (tertiary/aromatic N) is 4. The van der Waals surface area contributed by atoms with Gasteiger partial charge in [0.25, 0.3) is 0 Å². The van der Waals surface area contributed by atoms with Gasteiger partial charge in [-0.15, -0.1) is 10.2 Å². The van der Waals surface area contributed by atoms with Gasteiger partial charge < -0.3 is 9.90 Å². The van der Waals surface area contributed by atoms with Crippen LogP contribution in [0.4, 0.5) is 0 Å². The fourth-order valence-electron chi connectivity index (χ4n) is 2.37. The normalized spacial score (nSPS) is 10.8. The topological polar surface area (TPSA) is 83.7 Å². The maximum atomic E-state index is 10.8. The predicted molar refractivity (Wildman–Crippen MR) is 89.8 cm³/mol. The van der Waals surface area contributed by atoms with E-state index in [2.05, 4.69) is 15.2 Å². The van der Waals surface area contributed by atoms with E-state index in [1.54, 1.807) is 12.4 Å². The highest BCUT2D eigenvalue weighted by Crippen LogP contribution is 2.29. The molecule has 24 heavy (non-hydrogen) atoms. The molecule has 0 aliphatic heterocycles. The third-order valence-corrected chi connectivity index (χ3v) is 4.61. The first kappa shape index (κ1) is 16.2. The number of hydrogen-bond donors (Lipinski definition) is 0. The SMILES string of the molecule is Cc1cccc(-n2c(SCC(=O)[O-])nnc2-c2ccncc2)c1C. The van der Waals surface area contributed by atoms with Crippen LogP contribution in [0.25, 0.3) is 17.1 Å². The smallest absolute Gasteiger partial charge is 0.196 e. The second kappa shape index (κ2) is 6.84. The van der Waals surface area contributed by atoms with Crippen LogP contribution in [0, 0.1) is 13.8 Å². The van der Waals surface area contributed by atoms with E-state index < -0.39 is 5.97 Å². The molecule has 0 aliphatic carbocycles. The summed E-state index contributed by atoms with van der Waals surface area (Å²) in [6.45, 7) is 4.05. The van der Waals surface area contributed by atoms with Crippen molar-refractivity contribution < 1.29 is 9.90 Å². The van der Waals surface area contributed by atoms with Crippen molar-refractivity contribution >= 4 is 17.7 Å². The molecule has 0 fully saturated rings. The van der Waals surface area contributed by atoms with Crippen molar-refractivity contribution in [3.63, 3.8) is 0 Å². The van der Waals surface area contributed by atoms with Crippen molar-refractivity contribution in [2.24, 2.45) is 0 Å². The number of carbonyl (C=O) groups excluding carboxylic acids is 1. The number of rotatable bonds is 5. The largest absolute Gasteiger partial charge is 0.549 e. The number of thioether (sulfide) groups is 1. The molecule has 122 valence electrons. The molecule has 0 amide bonds. The van der Waals surface area contributed by atoms with Crippen LogP contribution in [-0.2, 0) is 4.79 Å². The van der Waals surface area contributed by atoms with Crippen LogP contribution in [-0.4, -0.2) is 31.5 Å². The Bertz CT molecular complexity index is 878. The summed E-state index contributed by atoms with van der Waals surface area (Å²) in [5.74, 6) is -0.674. The Labute approximate surface area is 143 Å². The zero-order valence-corrected chi connectivity index (χ0v) is 14.1. The molecule has 1 aromatic carbocycles. The molecule has 3 aromatic rings. The lowest BCUT2D eigenvalue weighted by atomic mass is 10.1.